The number of nitriles is 1. The lowest BCUT2D eigenvalue weighted by molar-refractivity contribution is 0.269. The summed E-state index contributed by atoms with van der Waals surface area (Å²) in [6.07, 6.45) is 9.41. The SMILES string of the molecule is COC(CCCCc1ccccc1)=C(C#N)CCCCCc1ccccc1. The molecule has 0 fully saturated rings. The maximum absolute atomic E-state index is 9.51. The summed E-state index contributed by atoms with van der Waals surface area (Å²) in [6.45, 7) is 0. The average molecular weight is 362 g/mol. The Balaban J connectivity index is 1.69. The molecule has 0 saturated carbocycles. The van der Waals surface area contributed by atoms with Crippen LogP contribution in [0.5, 0.6) is 0 Å². The minimum Gasteiger partial charge on any atom is -0.500 e. The lowest BCUT2D eigenvalue weighted by Gasteiger charge is -2.10. The van der Waals surface area contributed by atoms with Gasteiger partial charge in [-0.3, -0.25) is 0 Å². The Morgan fingerprint density at radius 3 is 1.78 bits per heavy atom. The summed E-state index contributed by atoms with van der Waals surface area (Å²) in [5, 5.41) is 9.51. The number of nitrogens with zero attached hydrogens (tertiary/aromatic N) is 1. The molecule has 0 amide bonds. The van der Waals surface area contributed by atoms with Crippen molar-refractivity contribution in [2.45, 2.75) is 57.8 Å². The second-order valence-corrected chi connectivity index (χ2v) is 6.96. The Labute approximate surface area is 164 Å². The zero-order valence-corrected chi connectivity index (χ0v) is 16.5. The van der Waals surface area contributed by atoms with Crippen LogP contribution >= 0.6 is 0 Å². The second kappa shape index (κ2) is 12.8. The van der Waals surface area contributed by atoms with Crippen LogP contribution in [0.2, 0.25) is 0 Å². The first kappa shape index (κ1) is 20.8. The standard InChI is InChI=1S/C25H31NO/c1-27-25(20-12-11-18-23-15-7-3-8-16-23)24(21-26)19-10-4-9-17-22-13-5-2-6-14-22/h2-3,5-8,13-16H,4,9-12,17-20H2,1H3. The van der Waals surface area contributed by atoms with Gasteiger partial charge in [-0.2, -0.15) is 5.26 Å². The van der Waals surface area contributed by atoms with Crippen LogP contribution in [0.3, 0.4) is 0 Å². The number of hydrogen-bond acceptors (Lipinski definition) is 2. The fourth-order valence-corrected chi connectivity index (χ4v) is 3.35. The van der Waals surface area contributed by atoms with E-state index in [0.717, 1.165) is 62.7 Å². The van der Waals surface area contributed by atoms with Gasteiger partial charge in [-0.25, -0.2) is 0 Å². The highest BCUT2D eigenvalue weighted by atomic mass is 16.5. The number of rotatable bonds is 12. The van der Waals surface area contributed by atoms with Crippen LogP contribution in [0.15, 0.2) is 72.0 Å². The zero-order valence-electron chi connectivity index (χ0n) is 16.5. The van der Waals surface area contributed by atoms with Crippen LogP contribution in [0.4, 0.5) is 0 Å². The fourth-order valence-electron chi connectivity index (χ4n) is 3.35. The van der Waals surface area contributed by atoms with Crippen LogP contribution < -0.4 is 0 Å². The minimum absolute atomic E-state index is 0.827. The Morgan fingerprint density at radius 2 is 1.26 bits per heavy atom. The molecule has 0 N–H and O–H groups in total. The number of aryl methyl sites for hydroxylation is 2. The molecule has 0 radical (unpaired) electrons. The van der Waals surface area contributed by atoms with Crippen LogP contribution in [0.25, 0.3) is 0 Å². The summed E-state index contributed by atoms with van der Waals surface area (Å²) in [5.74, 6) is 0.883. The molecule has 0 atom stereocenters. The van der Waals surface area contributed by atoms with Crippen molar-refractivity contribution in [2.75, 3.05) is 7.11 Å². The Hall–Kier alpha value is -2.53. The van der Waals surface area contributed by atoms with Crippen LogP contribution in [0, 0.1) is 11.3 Å². The third-order valence-corrected chi connectivity index (χ3v) is 4.92. The van der Waals surface area contributed by atoms with E-state index in [4.69, 9.17) is 4.74 Å². The fraction of sp³-hybridized carbons (Fsp3) is 0.400. The zero-order chi connectivity index (χ0) is 19.2. The van der Waals surface area contributed by atoms with Crippen LogP contribution in [-0.4, -0.2) is 7.11 Å². The van der Waals surface area contributed by atoms with Crippen molar-refractivity contribution in [1.29, 1.82) is 5.26 Å². The topological polar surface area (TPSA) is 33.0 Å². The number of methoxy groups -OCH3 is 1. The molecule has 0 aromatic heterocycles. The minimum atomic E-state index is 0.827. The normalized spacial score (nSPS) is 11.6. The molecule has 0 saturated heterocycles. The van der Waals surface area contributed by atoms with E-state index < -0.39 is 0 Å². The van der Waals surface area contributed by atoms with Gasteiger partial charge >= 0.3 is 0 Å². The Morgan fingerprint density at radius 1 is 0.741 bits per heavy atom. The highest BCUT2D eigenvalue weighted by molar-refractivity contribution is 5.24. The van der Waals surface area contributed by atoms with Gasteiger partial charge in [0, 0.05) is 6.42 Å². The quantitative estimate of drug-likeness (QED) is 0.241. The summed E-state index contributed by atoms with van der Waals surface area (Å²) in [5.41, 5.74) is 3.60. The first-order chi connectivity index (χ1) is 13.3. The molecule has 0 heterocycles. The van der Waals surface area contributed by atoms with Crippen molar-refractivity contribution in [2.24, 2.45) is 0 Å². The van der Waals surface area contributed by atoms with Gasteiger partial charge in [0.05, 0.1) is 18.8 Å². The molecule has 2 nitrogen and oxygen atoms in total. The van der Waals surface area contributed by atoms with E-state index in [1.165, 1.54) is 17.5 Å². The molecule has 0 unspecified atom stereocenters. The monoisotopic (exact) mass is 361 g/mol. The molecule has 2 heteroatoms. The van der Waals surface area contributed by atoms with E-state index in [1.807, 2.05) is 6.07 Å². The van der Waals surface area contributed by atoms with Gasteiger partial charge in [-0.1, -0.05) is 67.1 Å². The Kier molecular flexibility index (Phi) is 9.82. The van der Waals surface area contributed by atoms with Crippen molar-refractivity contribution in [3.8, 4) is 6.07 Å². The first-order valence-electron chi connectivity index (χ1n) is 10.1. The highest BCUT2D eigenvalue weighted by Crippen LogP contribution is 2.20. The molecule has 2 aromatic rings. The summed E-state index contributed by atoms with van der Waals surface area (Å²) >= 11 is 0. The van der Waals surface area contributed by atoms with Crippen molar-refractivity contribution in [3.63, 3.8) is 0 Å². The Bertz CT molecular complexity index is 713. The number of benzene rings is 2. The van der Waals surface area contributed by atoms with E-state index in [0.29, 0.717) is 0 Å². The lowest BCUT2D eigenvalue weighted by atomic mass is 10.0. The molecule has 0 aliphatic heterocycles. The van der Waals surface area contributed by atoms with E-state index in [-0.39, 0.29) is 0 Å². The first-order valence-corrected chi connectivity index (χ1v) is 10.1. The molecule has 27 heavy (non-hydrogen) atoms. The van der Waals surface area contributed by atoms with Crippen molar-refractivity contribution in [3.05, 3.63) is 83.1 Å². The third-order valence-electron chi connectivity index (χ3n) is 4.92. The lowest BCUT2D eigenvalue weighted by Crippen LogP contribution is -1.96. The second-order valence-electron chi connectivity index (χ2n) is 6.96. The molecule has 0 aliphatic carbocycles. The van der Waals surface area contributed by atoms with Crippen molar-refractivity contribution in [1.82, 2.24) is 0 Å². The summed E-state index contributed by atoms with van der Waals surface area (Å²) in [6, 6.07) is 23.5. The van der Waals surface area contributed by atoms with Gasteiger partial charge < -0.3 is 4.74 Å². The molecule has 142 valence electrons. The van der Waals surface area contributed by atoms with Crippen LogP contribution in [0.1, 0.15) is 56.1 Å². The van der Waals surface area contributed by atoms with Crippen molar-refractivity contribution < 1.29 is 4.74 Å². The summed E-state index contributed by atoms with van der Waals surface area (Å²) < 4.78 is 5.54. The predicted octanol–water partition coefficient (Wildman–Crippen LogP) is 6.63. The molecular formula is C25H31NO. The summed E-state index contributed by atoms with van der Waals surface area (Å²) in [4.78, 5) is 0. The summed E-state index contributed by atoms with van der Waals surface area (Å²) in [7, 11) is 1.69. The van der Waals surface area contributed by atoms with E-state index in [9.17, 15) is 5.26 Å². The number of hydrogen-bond donors (Lipinski definition) is 0. The van der Waals surface area contributed by atoms with Gasteiger partial charge in [-0.15, -0.1) is 0 Å². The average Bonchev–Trinajstić information content (AvgIpc) is 2.73. The maximum Gasteiger partial charge on any atom is 0.109 e. The maximum atomic E-state index is 9.51. The smallest absolute Gasteiger partial charge is 0.109 e. The predicted molar refractivity (Wildman–Crippen MR) is 112 cm³/mol. The highest BCUT2D eigenvalue weighted by Gasteiger charge is 2.07. The molecule has 0 aliphatic rings. The molecule has 2 rings (SSSR count). The van der Waals surface area contributed by atoms with Gasteiger partial charge in [0.1, 0.15) is 5.76 Å². The van der Waals surface area contributed by atoms with E-state index in [2.05, 4.69) is 60.7 Å². The largest absolute Gasteiger partial charge is 0.500 e. The van der Waals surface area contributed by atoms with Crippen LogP contribution in [-0.2, 0) is 17.6 Å². The van der Waals surface area contributed by atoms with Gasteiger partial charge in [-0.05, 0) is 56.1 Å². The van der Waals surface area contributed by atoms with Crippen molar-refractivity contribution >= 4 is 0 Å². The number of allylic oxidation sites excluding steroid dienone is 2. The molecule has 2 aromatic carbocycles. The number of unbranched alkanes of at least 4 members (excludes halogenated alkanes) is 3. The third kappa shape index (κ3) is 8.13. The molecular weight excluding hydrogens is 330 g/mol. The molecule has 0 spiro atoms. The van der Waals surface area contributed by atoms with Gasteiger partial charge in [0.25, 0.3) is 0 Å². The van der Waals surface area contributed by atoms with E-state index in [1.54, 1.807) is 7.11 Å². The van der Waals surface area contributed by atoms with Gasteiger partial charge in [0.15, 0.2) is 0 Å². The van der Waals surface area contributed by atoms with E-state index >= 15 is 0 Å². The number of ether oxygens (including phenoxy) is 1. The molecule has 0 bridgehead atoms. The van der Waals surface area contributed by atoms with Gasteiger partial charge in [0.2, 0.25) is 0 Å².